The van der Waals surface area contributed by atoms with Crippen molar-refractivity contribution in [1.29, 1.82) is 0 Å². The van der Waals surface area contributed by atoms with Crippen LogP contribution in [0.3, 0.4) is 0 Å². The molecule has 1 aliphatic rings. The predicted molar refractivity (Wildman–Crippen MR) is 112 cm³/mol. The summed E-state index contributed by atoms with van der Waals surface area (Å²) in [6, 6.07) is 5.92. The topological polar surface area (TPSA) is 60.2 Å². The van der Waals surface area contributed by atoms with E-state index >= 15 is 0 Å². The Labute approximate surface area is 169 Å². The average Bonchev–Trinajstić information content (AvgIpc) is 3.40. The molecule has 7 heteroatoms. The predicted octanol–water partition coefficient (Wildman–Crippen LogP) is 4.51. The summed E-state index contributed by atoms with van der Waals surface area (Å²) in [6.07, 6.45) is 11.9. The number of imidazole rings is 1. The van der Waals surface area contributed by atoms with Gasteiger partial charge < -0.3 is 9.30 Å². The van der Waals surface area contributed by atoms with Gasteiger partial charge in [0.15, 0.2) is 5.13 Å². The van der Waals surface area contributed by atoms with Gasteiger partial charge in [-0.15, -0.1) is 0 Å². The van der Waals surface area contributed by atoms with Gasteiger partial charge in [-0.25, -0.2) is 9.97 Å². The lowest BCUT2D eigenvalue weighted by molar-refractivity contribution is -0.123. The summed E-state index contributed by atoms with van der Waals surface area (Å²) in [4.78, 5) is 24.2. The van der Waals surface area contributed by atoms with Crippen LogP contribution >= 0.6 is 11.3 Å². The summed E-state index contributed by atoms with van der Waals surface area (Å²) in [6.45, 7) is 1.50. The van der Waals surface area contributed by atoms with Gasteiger partial charge in [0.25, 0.3) is 0 Å². The number of para-hydroxylation sites is 1. The van der Waals surface area contributed by atoms with E-state index in [4.69, 9.17) is 9.72 Å². The largest absolute Gasteiger partial charge is 0.494 e. The number of ether oxygens (including phenoxy) is 1. The van der Waals surface area contributed by atoms with Gasteiger partial charge in [0.05, 0.1) is 18.1 Å². The van der Waals surface area contributed by atoms with Crippen molar-refractivity contribution in [3.8, 4) is 5.75 Å². The van der Waals surface area contributed by atoms with Gasteiger partial charge in [-0.05, 0) is 31.4 Å². The number of carbonyl (C=O) groups is 1. The highest BCUT2D eigenvalue weighted by molar-refractivity contribution is 7.22. The zero-order valence-electron chi connectivity index (χ0n) is 16.2. The number of aryl methyl sites for hydroxylation is 1. The second-order valence-corrected chi connectivity index (χ2v) is 8.29. The molecule has 3 aromatic rings. The van der Waals surface area contributed by atoms with Crippen molar-refractivity contribution in [2.45, 2.75) is 45.1 Å². The number of rotatable bonds is 7. The number of amides is 1. The Hall–Kier alpha value is -2.41. The van der Waals surface area contributed by atoms with E-state index in [-0.39, 0.29) is 11.8 Å². The van der Waals surface area contributed by atoms with Crippen molar-refractivity contribution in [1.82, 2.24) is 14.5 Å². The first kappa shape index (κ1) is 18.9. The highest BCUT2D eigenvalue weighted by Gasteiger charge is 2.28. The molecule has 0 atom stereocenters. The van der Waals surface area contributed by atoms with Crippen molar-refractivity contribution in [3.05, 3.63) is 36.9 Å². The zero-order chi connectivity index (χ0) is 19.3. The number of anilines is 1. The monoisotopic (exact) mass is 398 g/mol. The third kappa shape index (κ3) is 4.04. The normalized spacial score (nSPS) is 15.0. The van der Waals surface area contributed by atoms with Gasteiger partial charge in [0, 0.05) is 31.4 Å². The third-order valence-electron chi connectivity index (χ3n) is 5.40. The Morgan fingerprint density at radius 3 is 2.93 bits per heavy atom. The lowest BCUT2D eigenvalue weighted by Gasteiger charge is -2.27. The average molecular weight is 399 g/mol. The van der Waals surface area contributed by atoms with Crippen LogP contribution in [0.25, 0.3) is 10.2 Å². The molecular weight excluding hydrogens is 372 g/mol. The third-order valence-corrected chi connectivity index (χ3v) is 6.44. The zero-order valence-corrected chi connectivity index (χ0v) is 17.0. The minimum absolute atomic E-state index is 0.121. The van der Waals surface area contributed by atoms with E-state index < -0.39 is 0 Å². The molecule has 0 aliphatic heterocycles. The number of carbonyl (C=O) groups excluding carboxylic acids is 1. The molecular formula is C21H26N4O2S. The highest BCUT2D eigenvalue weighted by Crippen LogP contribution is 2.36. The molecule has 0 spiro atoms. The fraction of sp³-hybridized carbons (Fsp3) is 0.476. The fourth-order valence-electron chi connectivity index (χ4n) is 3.89. The highest BCUT2D eigenvalue weighted by atomic mass is 32.1. The molecule has 1 aromatic carbocycles. The lowest BCUT2D eigenvalue weighted by Crippen LogP contribution is -2.38. The van der Waals surface area contributed by atoms with Gasteiger partial charge >= 0.3 is 0 Å². The van der Waals surface area contributed by atoms with E-state index in [2.05, 4.69) is 4.98 Å². The van der Waals surface area contributed by atoms with Crippen LogP contribution < -0.4 is 9.64 Å². The molecule has 28 heavy (non-hydrogen) atoms. The number of nitrogens with zero attached hydrogens (tertiary/aromatic N) is 4. The van der Waals surface area contributed by atoms with Crippen LogP contribution in [0.4, 0.5) is 5.13 Å². The molecule has 4 rings (SSSR count). The van der Waals surface area contributed by atoms with E-state index in [0.717, 1.165) is 59.7 Å². The Kier molecular flexibility index (Phi) is 5.90. The first-order valence-electron chi connectivity index (χ1n) is 9.97. The van der Waals surface area contributed by atoms with Gasteiger partial charge in [-0.1, -0.05) is 36.7 Å². The van der Waals surface area contributed by atoms with E-state index in [9.17, 15) is 4.79 Å². The summed E-state index contributed by atoms with van der Waals surface area (Å²) in [5.74, 6) is 1.10. The number of benzene rings is 1. The summed E-state index contributed by atoms with van der Waals surface area (Å²) >= 11 is 1.57. The Bertz CT molecular complexity index is 916. The van der Waals surface area contributed by atoms with Crippen molar-refractivity contribution in [3.63, 3.8) is 0 Å². The van der Waals surface area contributed by atoms with Gasteiger partial charge in [0.2, 0.25) is 5.91 Å². The molecule has 1 amide bonds. The molecule has 0 saturated heterocycles. The van der Waals surface area contributed by atoms with Crippen molar-refractivity contribution in [2.75, 3.05) is 18.6 Å². The Morgan fingerprint density at radius 2 is 2.18 bits per heavy atom. The van der Waals surface area contributed by atoms with Gasteiger partial charge in [-0.3, -0.25) is 9.69 Å². The first-order chi connectivity index (χ1) is 13.8. The van der Waals surface area contributed by atoms with Crippen LogP contribution in [0.5, 0.6) is 5.75 Å². The van der Waals surface area contributed by atoms with Crippen LogP contribution in [0.1, 0.15) is 38.5 Å². The Morgan fingerprint density at radius 1 is 1.32 bits per heavy atom. The van der Waals surface area contributed by atoms with Crippen LogP contribution in [0.2, 0.25) is 0 Å². The fourth-order valence-corrected chi connectivity index (χ4v) is 4.91. The molecule has 2 aromatic heterocycles. The number of hydrogen-bond acceptors (Lipinski definition) is 5. The lowest BCUT2D eigenvalue weighted by atomic mass is 9.88. The maximum atomic E-state index is 13.4. The minimum atomic E-state index is 0.121. The van der Waals surface area contributed by atoms with Gasteiger partial charge in [-0.2, -0.15) is 0 Å². The van der Waals surface area contributed by atoms with Crippen molar-refractivity contribution in [2.24, 2.45) is 5.92 Å². The maximum Gasteiger partial charge on any atom is 0.231 e. The molecule has 1 fully saturated rings. The maximum absolute atomic E-state index is 13.4. The molecule has 0 unspecified atom stereocenters. The Balaban J connectivity index is 1.58. The van der Waals surface area contributed by atoms with Crippen LogP contribution in [0.15, 0.2) is 36.9 Å². The summed E-state index contributed by atoms with van der Waals surface area (Å²) in [7, 11) is 1.66. The second kappa shape index (κ2) is 8.73. The molecule has 0 N–H and O–H groups in total. The number of hydrogen-bond donors (Lipinski definition) is 0. The van der Waals surface area contributed by atoms with Gasteiger partial charge in [0.1, 0.15) is 11.3 Å². The molecule has 2 heterocycles. The van der Waals surface area contributed by atoms with E-state index in [0.29, 0.717) is 6.54 Å². The summed E-state index contributed by atoms with van der Waals surface area (Å²) in [5.41, 5.74) is 0.834. The number of fused-ring (bicyclic) bond motifs is 1. The van der Waals surface area contributed by atoms with Crippen molar-refractivity contribution < 1.29 is 9.53 Å². The first-order valence-corrected chi connectivity index (χ1v) is 10.8. The molecule has 1 aliphatic carbocycles. The van der Waals surface area contributed by atoms with Crippen LogP contribution in [-0.4, -0.2) is 34.1 Å². The van der Waals surface area contributed by atoms with Crippen LogP contribution in [-0.2, 0) is 11.3 Å². The molecule has 0 bridgehead atoms. The van der Waals surface area contributed by atoms with E-state index in [1.807, 2.05) is 40.2 Å². The summed E-state index contributed by atoms with van der Waals surface area (Å²) < 4.78 is 8.55. The second-order valence-electron chi connectivity index (χ2n) is 7.28. The van der Waals surface area contributed by atoms with Crippen LogP contribution in [0, 0.1) is 5.92 Å². The number of aromatic nitrogens is 3. The molecule has 148 valence electrons. The molecule has 0 radical (unpaired) electrons. The smallest absolute Gasteiger partial charge is 0.231 e. The number of methoxy groups -OCH3 is 1. The van der Waals surface area contributed by atoms with E-state index in [1.54, 1.807) is 24.6 Å². The molecule has 6 nitrogen and oxygen atoms in total. The summed E-state index contributed by atoms with van der Waals surface area (Å²) in [5, 5.41) is 0.778. The van der Waals surface area contributed by atoms with E-state index in [1.165, 1.54) is 6.42 Å². The molecule has 1 saturated carbocycles. The standard InChI is InChI=1S/C21H26N4O2S/c1-27-17-9-5-10-18-19(17)23-21(28-18)25(13-6-12-24-14-11-22-15-24)20(26)16-7-3-2-4-8-16/h5,9-11,14-16H,2-4,6-8,12-13H2,1H3. The minimum Gasteiger partial charge on any atom is -0.494 e. The SMILES string of the molecule is COc1cccc2sc(N(CCCn3ccnc3)C(=O)C3CCCCC3)nc12. The number of thiazole rings is 1. The quantitative estimate of drug-likeness (QED) is 0.588. The van der Waals surface area contributed by atoms with Crippen molar-refractivity contribution >= 4 is 32.6 Å².